The van der Waals surface area contributed by atoms with Gasteiger partial charge in [-0.3, -0.25) is 0 Å². The van der Waals surface area contributed by atoms with Gasteiger partial charge in [0.25, 0.3) is 0 Å². The van der Waals surface area contributed by atoms with Crippen LogP contribution in [0.3, 0.4) is 0 Å². The maximum atomic E-state index is 6.00. The van der Waals surface area contributed by atoms with Crippen molar-refractivity contribution in [2.75, 3.05) is 13.1 Å². The lowest BCUT2D eigenvalue weighted by Gasteiger charge is -2.27. The van der Waals surface area contributed by atoms with Gasteiger partial charge in [0.05, 0.1) is 11.7 Å². The van der Waals surface area contributed by atoms with E-state index in [1.807, 2.05) is 0 Å². The minimum absolute atomic E-state index is 0.117. The van der Waals surface area contributed by atoms with E-state index < -0.39 is 0 Å². The molecule has 3 unspecified atom stereocenters. The van der Waals surface area contributed by atoms with Crippen molar-refractivity contribution in [1.82, 2.24) is 5.32 Å². The molecule has 2 nitrogen and oxygen atoms in total. The van der Waals surface area contributed by atoms with Crippen molar-refractivity contribution in [3.63, 3.8) is 0 Å². The van der Waals surface area contributed by atoms with Gasteiger partial charge in [-0.15, -0.1) is 0 Å². The molecule has 0 amide bonds. The van der Waals surface area contributed by atoms with Gasteiger partial charge in [-0.05, 0) is 57.9 Å². The molecule has 0 bridgehead atoms. The highest BCUT2D eigenvalue weighted by Crippen LogP contribution is 2.30. The fraction of sp³-hybridized carbons (Fsp3) is 1.00. The van der Waals surface area contributed by atoms with Gasteiger partial charge in [-0.2, -0.15) is 0 Å². The van der Waals surface area contributed by atoms with Crippen molar-refractivity contribution in [2.45, 2.75) is 71.0 Å². The zero-order valence-electron chi connectivity index (χ0n) is 11.8. The number of hydrogen-bond donors (Lipinski definition) is 1. The molecule has 2 aliphatic rings. The van der Waals surface area contributed by atoms with Gasteiger partial charge in [0.1, 0.15) is 0 Å². The predicted molar refractivity (Wildman–Crippen MR) is 72.2 cm³/mol. The second-order valence-electron chi connectivity index (χ2n) is 6.83. The van der Waals surface area contributed by atoms with Crippen LogP contribution in [0.2, 0.25) is 0 Å². The number of nitrogens with one attached hydrogen (secondary N) is 1. The molecule has 0 aromatic carbocycles. The van der Waals surface area contributed by atoms with E-state index >= 15 is 0 Å². The molecular formula is C15H29NO. The Kier molecular flexibility index (Phi) is 4.48. The zero-order chi connectivity index (χ0) is 12.3. The van der Waals surface area contributed by atoms with Crippen LogP contribution >= 0.6 is 0 Å². The molecule has 0 spiro atoms. The lowest BCUT2D eigenvalue weighted by Crippen LogP contribution is -2.33. The third-order valence-electron chi connectivity index (χ3n) is 4.40. The highest BCUT2D eigenvalue weighted by atomic mass is 16.5. The van der Waals surface area contributed by atoms with E-state index in [4.69, 9.17) is 4.74 Å². The van der Waals surface area contributed by atoms with Gasteiger partial charge in [-0.1, -0.05) is 19.8 Å². The molecule has 1 saturated heterocycles. The van der Waals surface area contributed by atoms with E-state index in [1.54, 1.807) is 0 Å². The quantitative estimate of drug-likeness (QED) is 0.812. The Labute approximate surface area is 107 Å². The molecular weight excluding hydrogens is 210 g/mol. The van der Waals surface area contributed by atoms with Crippen molar-refractivity contribution in [2.24, 2.45) is 11.8 Å². The summed E-state index contributed by atoms with van der Waals surface area (Å²) in [6.45, 7) is 9.05. The highest BCUT2D eigenvalue weighted by molar-refractivity contribution is 4.82. The van der Waals surface area contributed by atoms with Gasteiger partial charge in [0, 0.05) is 6.54 Å². The normalized spacial score (nSPS) is 37.2. The minimum Gasteiger partial charge on any atom is -0.371 e. The van der Waals surface area contributed by atoms with E-state index in [0.29, 0.717) is 6.10 Å². The van der Waals surface area contributed by atoms with E-state index in [9.17, 15) is 0 Å². The second-order valence-corrected chi connectivity index (χ2v) is 6.83. The molecule has 0 aromatic rings. The molecule has 2 heteroatoms. The summed E-state index contributed by atoms with van der Waals surface area (Å²) in [5.74, 6) is 1.85. The molecule has 1 aliphatic heterocycles. The van der Waals surface area contributed by atoms with Crippen molar-refractivity contribution in [3.05, 3.63) is 0 Å². The summed E-state index contributed by atoms with van der Waals surface area (Å²) >= 11 is 0. The standard InChI is InChI=1S/C15H29NO/c1-12-5-4-6-13(9-12)10-16-11-14-7-8-15(2,3)17-14/h12-14,16H,4-11H2,1-3H3. The van der Waals surface area contributed by atoms with E-state index in [-0.39, 0.29) is 5.60 Å². The Morgan fingerprint density at radius 1 is 1.18 bits per heavy atom. The van der Waals surface area contributed by atoms with Crippen molar-refractivity contribution < 1.29 is 4.74 Å². The first-order valence-electron chi connectivity index (χ1n) is 7.44. The van der Waals surface area contributed by atoms with E-state index in [0.717, 1.165) is 18.4 Å². The van der Waals surface area contributed by atoms with Gasteiger partial charge in [0.2, 0.25) is 0 Å². The van der Waals surface area contributed by atoms with E-state index in [2.05, 4.69) is 26.1 Å². The maximum absolute atomic E-state index is 6.00. The summed E-state index contributed by atoms with van der Waals surface area (Å²) in [6.07, 6.45) is 8.60. The Morgan fingerprint density at radius 2 is 2.00 bits per heavy atom. The maximum Gasteiger partial charge on any atom is 0.0707 e. The molecule has 1 saturated carbocycles. The first-order chi connectivity index (χ1) is 8.05. The van der Waals surface area contributed by atoms with Crippen molar-refractivity contribution in [3.8, 4) is 0 Å². The lowest BCUT2D eigenvalue weighted by molar-refractivity contribution is -0.0145. The fourth-order valence-electron chi connectivity index (χ4n) is 3.41. The summed E-state index contributed by atoms with van der Waals surface area (Å²) in [7, 11) is 0. The van der Waals surface area contributed by atoms with Crippen LogP contribution in [0.1, 0.15) is 59.3 Å². The molecule has 3 atom stereocenters. The third kappa shape index (κ3) is 4.26. The summed E-state index contributed by atoms with van der Waals surface area (Å²) in [6, 6.07) is 0. The lowest BCUT2D eigenvalue weighted by atomic mass is 9.82. The number of ether oxygens (including phenoxy) is 1. The topological polar surface area (TPSA) is 21.3 Å². The molecule has 0 radical (unpaired) electrons. The van der Waals surface area contributed by atoms with Crippen LogP contribution in [0, 0.1) is 11.8 Å². The minimum atomic E-state index is 0.117. The zero-order valence-corrected chi connectivity index (χ0v) is 11.8. The highest BCUT2D eigenvalue weighted by Gasteiger charge is 2.31. The summed E-state index contributed by atoms with van der Waals surface area (Å²) in [5, 5.41) is 3.63. The smallest absolute Gasteiger partial charge is 0.0707 e. The molecule has 2 rings (SSSR count). The van der Waals surface area contributed by atoms with Crippen LogP contribution in [-0.4, -0.2) is 24.8 Å². The molecule has 100 valence electrons. The van der Waals surface area contributed by atoms with Gasteiger partial charge >= 0.3 is 0 Å². The molecule has 2 fully saturated rings. The van der Waals surface area contributed by atoms with Gasteiger partial charge in [-0.25, -0.2) is 0 Å². The van der Waals surface area contributed by atoms with Crippen LogP contribution < -0.4 is 5.32 Å². The summed E-state index contributed by atoms with van der Waals surface area (Å²) < 4.78 is 6.00. The largest absolute Gasteiger partial charge is 0.371 e. The molecule has 1 heterocycles. The van der Waals surface area contributed by atoms with Crippen molar-refractivity contribution in [1.29, 1.82) is 0 Å². The SMILES string of the molecule is CC1CCCC(CNCC2CCC(C)(C)O2)C1. The van der Waals surface area contributed by atoms with Gasteiger partial charge in [0.15, 0.2) is 0 Å². The van der Waals surface area contributed by atoms with Crippen LogP contribution in [0.4, 0.5) is 0 Å². The van der Waals surface area contributed by atoms with Crippen molar-refractivity contribution >= 4 is 0 Å². The molecule has 0 aromatic heterocycles. The Balaban J connectivity index is 1.60. The average molecular weight is 239 g/mol. The first-order valence-corrected chi connectivity index (χ1v) is 7.44. The molecule has 1 N–H and O–H groups in total. The average Bonchev–Trinajstić information content (AvgIpc) is 2.58. The fourth-order valence-corrected chi connectivity index (χ4v) is 3.41. The van der Waals surface area contributed by atoms with Crippen LogP contribution in [0.25, 0.3) is 0 Å². The predicted octanol–water partition coefficient (Wildman–Crippen LogP) is 3.36. The first kappa shape index (κ1) is 13.4. The second kappa shape index (κ2) is 5.71. The van der Waals surface area contributed by atoms with Crippen LogP contribution in [-0.2, 0) is 4.74 Å². The molecule has 17 heavy (non-hydrogen) atoms. The van der Waals surface area contributed by atoms with Crippen LogP contribution in [0.5, 0.6) is 0 Å². The number of hydrogen-bond acceptors (Lipinski definition) is 2. The Hall–Kier alpha value is -0.0800. The Morgan fingerprint density at radius 3 is 2.65 bits per heavy atom. The van der Waals surface area contributed by atoms with E-state index in [1.165, 1.54) is 45.1 Å². The monoisotopic (exact) mass is 239 g/mol. The third-order valence-corrected chi connectivity index (χ3v) is 4.40. The summed E-state index contributed by atoms with van der Waals surface area (Å²) in [5.41, 5.74) is 0.117. The molecule has 1 aliphatic carbocycles. The van der Waals surface area contributed by atoms with Crippen LogP contribution in [0.15, 0.2) is 0 Å². The number of rotatable bonds is 4. The summed E-state index contributed by atoms with van der Waals surface area (Å²) in [4.78, 5) is 0. The Bertz CT molecular complexity index is 237. The van der Waals surface area contributed by atoms with Gasteiger partial charge < -0.3 is 10.1 Å².